The van der Waals surface area contributed by atoms with E-state index in [0.29, 0.717) is 6.10 Å². The van der Waals surface area contributed by atoms with Gasteiger partial charge < -0.3 is 10.1 Å². The molecule has 1 heterocycles. The predicted octanol–water partition coefficient (Wildman–Crippen LogP) is 0.508. The minimum atomic E-state index is 0.382. The summed E-state index contributed by atoms with van der Waals surface area (Å²) in [7, 11) is 0. The van der Waals surface area contributed by atoms with E-state index in [9.17, 15) is 0 Å². The smallest absolute Gasteiger partial charge is 0.111 e. The summed E-state index contributed by atoms with van der Waals surface area (Å²) in [5.41, 5.74) is 0. The Morgan fingerprint density at radius 3 is 3.12 bits per heavy atom. The molecule has 8 heavy (non-hydrogen) atoms. The van der Waals surface area contributed by atoms with Crippen LogP contribution in [0.1, 0.15) is 6.42 Å². The van der Waals surface area contributed by atoms with Crippen LogP contribution in [0.3, 0.4) is 0 Å². The first-order chi connectivity index (χ1) is 3.93. The van der Waals surface area contributed by atoms with Gasteiger partial charge in [0, 0.05) is 6.54 Å². The lowest BCUT2D eigenvalue weighted by Gasteiger charge is -2.04. The molecule has 1 N–H and O–H groups in total. The number of hydrogen-bond donors (Lipinski definition) is 1. The van der Waals surface area contributed by atoms with Crippen LogP contribution in [0.25, 0.3) is 0 Å². The van der Waals surface area contributed by atoms with Crippen molar-refractivity contribution in [3.05, 3.63) is 12.8 Å². The monoisotopic (exact) mass is 113 g/mol. The third-order valence-corrected chi connectivity index (χ3v) is 1.30. The molecule has 46 valence electrons. The van der Waals surface area contributed by atoms with Crippen molar-refractivity contribution in [3.63, 3.8) is 0 Å². The Bertz CT molecular complexity index is 76.6. The van der Waals surface area contributed by atoms with Crippen LogP contribution in [-0.4, -0.2) is 19.2 Å². The second-order valence-corrected chi connectivity index (χ2v) is 1.92. The normalized spacial score (nSPS) is 27.8. The fourth-order valence-corrected chi connectivity index (χ4v) is 0.880. The van der Waals surface area contributed by atoms with Crippen LogP contribution in [0.5, 0.6) is 0 Å². The fraction of sp³-hybridized carbons (Fsp3) is 0.667. The van der Waals surface area contributed by atoms with Gasteiger partial charge in [0.05, 0.1) is 6.26 Å². The predicted molar refractivity (Wildman–Crippen MR) is 32.6 cm³/mol. The van der Waals surface area contributed by atoms with E-state index in [1.54, 1.807) is 0 Å². The largest absolute Gasteiger partial charge is 0.497 e. The zero-order chi connectivity index (χ0) is 5.82. The van der Waals surface area contributed by atoms with E-state index in [-0.39, 0.29) is 0 Å². The average molecular weight is 113 g/mol. The van der Waals surface area contributed by atoms with Gasteiger partial charge in [0.2, 0.25) is 0 Å². The molecule has 0 spiro atoms. The number of hydrogen-bond acceptors (Lipinski definition) is 2. The molecule has 0 aromatic carbocycles. The lowest BCUT2D eigenvalue weighted by atomic mass is 10.3. The quantitative estimate of drug-likeness (QED) is 0.527. The van der Waals surface area contributed by atoms with Crippen molar-refractivity contribution in [2.75, 3.05) is 13.1 Å². The molecule has 2 nitrogen and oxygen atoms in total. The van der Waals surface area contributed by atoms with E-state index in [1.165, 1.54) is 6.26 Å². The zero-order valence-electron chi connectivity index (χ0n) is 4.89. The Hall–Kier alpha value is -0.500. The van der Waals surface area contributed by atoms with Crippen LogP contribution in [-0.2, 0) is 4.74 Å². The molecule has 0 radical (unpaired) electrons. The molecule has 2 heteroatoms. The van der Waals surface area contributed by atoms with Crippen LogP contribution < -0.4 is 5.32 Å². The topological polar surface area (TPSA) is 21.3 Å². The van der Waals surface area contributed by atoms with Crippen LogP contribution in [0.15, 0.2) is 12.8 Å². The van der Waals surface area contributed by atoms with Gasteiger partial charge in [-0.1, -0.05) is 6.58 Å². The van der Waals surface area contributed by atoms with E-state index in [0.717, 1.165) is 19.5 Å². The van der Waals surface area contributed by atoms with Crippen LogP contribution in [0.2, 0.25) is 0 Å². The third kappa shape index (κ3) is 1.23. The second kappa shape index (κ2) is 2.72. The molecule has 0 aliphatic carbocycles. The van der Waals surface area contributed by atoms with E-state index in [4.69, 9.17) is 4.74 Å². The Morgan fingerprint density at radius 2 is 2.62 bits per heavy atom. The zero-order valence-corrected chi connectivity index (χ0v) is 4.89. The summed E-state index contributed by atoms with van der Waals surface area (Å²) in [6.45, 7) is 5.53. The third-order valence-electron chi connectivity index (χ3n) is 1.30. The van der Waals surface area contributed by atoms with Gasteiger partial charge in [-0.3, -0.25) is 0 Å². The standard InChI is InChI=1S/C6H11NO/c1-2-8-6-3-4-7-5-6/h2,6-7H,1,3-5H2/t6-/m0/s1. The van der Waals surface area contributed by atoms with Gasteiger partial charge in [0.1, 0.15) is 6.10 Å². The van der Waals surface area contributed by atoms with E-state index < -0.39 is 0 Å². The Labute approximate surface area is 49.5 Å². The summed E-state index contributed by atoms with van der Waals surface area (Å²) in [6.07, 6.45) is 3.01. The number of rotatable bonds is 2. The first kappa shape index (κ1) is 5.63. The summed E-state index contributed by atoms with van der Waals surface area (Å²) in [6, 6.07) is 0. The molecule has 0 amide bonds. The maximum absolute atomic E-state index is 5.10. The Morgan fingerprint density at radius 1 is 1.75 bits per heavy atom. The van der Waals surface area contributed by atoms with Gasteiger partial charge in [-0.05, 0) is 13.0 Å². The molecular formula is C6H11NO. The van der Waals surface area contributed by atoms with Gasteiger partial charge >= 0.3 is 0 Å². The van der Waals surface area contributed by atoms with Gasteiger partial charge in [0.15, 0.2) is 0 Å². The highest BCUT2D eigenvalue weighted by Gasteiger charge is 2.12. The lowest BCUT2D eigenvalue weighted by molar-refractivity contribution is 0.164. The van der Waals surface area contributed by atoms with Crippen LogP contribution in [0, 0.1) is 0 Å². The molecule has 1 aliphatic rings. The molecule has 0 aromatic heterocycles. The van der Waals surface area contributed by atoms with Crippen molar-refractivity contribution in [2.45, 2.75) is 12.5 Å². The van der Waals surface area contributed by atoms with E-state index in [2.05, 4.69) is 11.9 Å². The Kier molecular flexibility index (Phi) is 1.92. The van der Waals surface area contributed by atoms with Gasteiger partial charge in [-0.15, -0.1) is 0 Å². The van der Waals surface area contributed by atoms with Crippen molar-refractivity contribution in [3.8, 4) is 0 Å². The summed E-state index contributed by atoms with van der Waals surface area (Å²) in [5.74, 6) is 0. The molecular weight excluding hydrogens is 102 g/mol. The molecule has 0 saturated carbocycles. The molecule has 1 rings (SSSR count). The molecule has 1 aliphatic heterocycles. The van der Waals surface area contributed by atoms with Crippen molar-refractivity contribution >= 4 is 0 Å². The minimum Gasteiger partial charge on any atom is -0.497 e. The van der Waals surface area contributed by atoms with E-state index >= 15 is 0 Å². The molecule has 1 atom stereocenters. The van der Waals surface area contributed by atoms with E-state index in [1.807, 2.05) is 0 Å². The molecule has 0 unspecified atom stereocenters. The minimum absolute atomic E-state index is 0.382. The van der Waals surface area contributed by atoms with Crippen molar-refractivity contribution < 1.29 is 4.74 Å². The highest BCUT2D eigenvalue weighted by Crippen LogP contribution is 2.01. The maximum Gasteiger partial charge on any atom is 0.111 e. The van der Waals surface area contributed by atoms with Gasteiger partial charge in [-0.2, -0.15) is 0 Å². The summed E-state index contributed by atoms with van der Waals surface area (Å²) < 4.78 is 5.10. The van der Waals surface area contributed by atoms with Crippen LogP contribution in [0.4, 0.5) is 0 Å². The lowest BCUT2D eigenvalue weighted by Crippen LogP contribution is -2.13. The fourth-order valence-electron chi connectivity index (χ4n) is 0.880. The average Bonchev–Trinajstić information content (AvgIpc) is 2.19. The molecule has 1 saturated heterocycles. The number of ether oxygens (including phenoxy) is 1. The summed E-state index contributed by atoms with van der Waals surface area (Å²) >= 11 is 0. The van der Waals surface area contributed by atoms with Crippen LogP contribution >= 0.6 is 0 Å². The van der Waals surface area contributed by atoms with Crippen molar-refractivity contribution in [2.24, 2.45) is 0 Å². The van der Waals surface area contributed by atoms with Gasteiger partial charge in [0.25, 0.3) is 0 Å². The van der Waals surface area contributed by atoms with Crippen molar-refractivity contribution in [1.29, 1.82) is 0 Å². The SMILES string of the molecule is C=CO[C@H]1CCNC1. The maximum atomic E-state index is 5.10. The molecule has 0 aromatic rings. The highest BCUT2D eigenvalue weighted by atomic mass is 16.5. The van der Waals surface area contributed by atoms with Crippen molar-refractivity contribution in [1.82, 2.24) is 5.32 Å². The second-order valence-electron chi connectivity index (χ2n) is 1.92. The first-order valence-corrected chi connectivity index (χ1v) is 2.90. The summed E-state index contributed by atoms with van der Waals surface area (Å²) in [4.78, 5) is 0. The molecule has 1 fully saturated rings. The van der Waals surface area contributed by atoms with Gasteiger partial charge in [-0.25, -0.2) is 0 Å². The highest BCUT2D eigenvalue weighted by molar-refractivity contribution is 4.72. The Balaban J connectivity index is 2.14. The number of nitrogens with one attached hydrogen (secondary N) is 1. The summed E-state index contributed by atoms with van der Waals surface area (Å²) in [5, 5.41) is 3.18. The first-order valence-electron chi connectivity index (χ1n) is 2.90. The molecule has 0 bridgehead atoms.